The van der Waals surface area contributed by atoms with Crippen LogP contribution in [0.15, 0.2) is 24.3 Å². The molecule has 110 valence electrons. The van der Waals surface area contributed by atoms with E-state index in [-0.39, 0.29) is 24.3 Å². The minimum atomic E-state index is -0.763. The summed E-state index contributed by atoms with van der Waals surface area (Å²) < 4.78 is 13.7. The lowest BCUT2D eigenvalue weighted by atomic mass is 10.0. The van der Waals surface area contributed by atoms with Crippen LogP contribution in [0.4, 0.5) is 4.39 Å². The van der Waals surface area contributed by atoms with Crippen LogP contribution >= 0.6 is 11.8 Å². The summed E-state index contributed by atoms with van der Waals surface area (Å²) in [5, 5.41) is 9.00. The molecule has 3 nitrogen and oxygen atoms in total. The summed E-state index contributed by atoms with van der Waals surface area (Å²) in [4.78, 5) is 13.2. The molecule has 5 heteroatoms. The molecular formula is C15H20FNO2S. The van der Waals surface area contributed by atoms with Gasteiger partial charge in [-0.3, -0.25) is 9.69 Å². The van der Waals surface area contributed by atoms with Gasteiger partial charge in [0.15, 0.2) is 0 Å². The standard InChI is InChI=1S/C15H20FNO2S/c1-11(8-12-4-2-3-5-14(12)16)17-6-7-20-10-13(17)9-15(18)19/h2-5,11,13H,6-10H2,1H3,(H,18,19). The van der Waals surface area contributed by atoms with Crippen molar-refractivity contribution in [3.05, 3.63) is 35.6 Å². The summed E-state index contributed by atoms with van der Waals surface area (Å²) in [5.74, 6) is 0.909. The predicted octanol–water partition coefficient (Wildman–Crippen LogP) is 2.65. The van der Waals surface area contributed by atoms with E-state index < -0.39 is 5.97 Å². The molecule has 0 aliphatic carbocycles. The van der Waals surface area contributed by atoms with Crippen LogP contribution in [-0.2, 0) is 11.2 Å². The molecule has 0 aromatic heterocycles. The average Bonchev–Trinajstić information content (AvgIpc) is 2.41. The van der Waals surface area contributed by atoms with Crippen molar-refractivity contribution in [1.29, 1.82) is 0 Å². The Kier molecular flexibility index (Phi) is 5.43. The second-order valence-electron chi connectivity index (χ2n) is 5.21. The molecule has 0 amide bonds. The number of rotatable bonds is 5. The highest BCUT2D eigenvalue weighted by atomic mass is 32.2. The van der Waals surface area contributed by atoms with Gasteiger partial charge < -0.3 is 5.11 Å². The van der Waals surface area contributed by atoms with Crippen LogP contribution in [0.5, 0.6) is 0 Å². The first kappa shape index (κ1) is 15.3. The van der Waals surface area contributed by atoms with Crippen LogP contribution in [-0.4, -0.2) is 46.1 Å². The summed E-state index contributed by atoms with van der Waals surface area (Å²) >= 11 is 1.80. The van der Waals surface area contributed by atoms with Crippen molar-refractivity contribution in [2.75, 3.05) is 18.1 Å². The van der Waals surface area contributed by atoms with Crippen LogP contribution in [0, 0.1) is 5.82 Å². The largest absolute Gasteiger partial charge is 0.481 e. The average molecular weight is 297 g/mol. The van der Waals surface area contributed by atoms with Gasteiger partial charge in [-0.1, -0.05) is 18.2 Å². The fourth-order valence-electron chi connectivity index (χ4n) is 2.73. The van der Waals surface area contributed by atoms with Crippen LogP contribution < -0.4 is 0 Å². The zero-order chi connectivity index (χ0) is 14.5. The number of benzene rings is 1. The minimum Gasteiger partial charge on any atom is -0.481 e. The number of carboxylic acid groups (broad SMARTS) is 1. The maximum atomic E-state index is 13.7. The number of hydrogen-bond donors (Lipinski definition) is 1. The maximum Gasteiger partial charge on any atom is 0.304 e. The molecule has 2 unspecified atom stereocenters. The molecule has 1 heterocycles. The molecule has 1 N–H and O–H groups in total. The molecule has 1 aromatic rings. The Labute approximate surface area is 123 Å². The Hall–Kier alpha value is -1.07. The molecule has 0 bridgehead atoms. The normalized spacial score (nSPS) is 21.6. The van der Waals surface area contributed by atoms with Crippen LogP contribution in [0.25, 0.3) is 0 Å². The van der Waals surface area contributed by atoms with E-state index in [2.05, 4.69) is 11.8 Å². The Balaban J connectivity index is 2.04. The van der Waals surface area contributed by atoms with E-state index >= 15 is 0 Å². The molecule has 1 aliphatic heterocycles. The van der Waals surface area contributed by atoms with Gasteiger partial charge in [0.1, 0.15) is 5.82 Å². The molecule has 1 saturated heterocycles. The quantitative estimate of drug-likeness (QED) is 0.907. The number of hydrogen-bond acceptors (Lipinski definition) is 3. The molecular weight excluding hydrogens is 277 g/mol. The minimum absolute atomic E-state index is 0.0491. The van der Waals surface area contributed by atoms with Gasteiger partial charge in [0.2, 0.25) is 0 Å². The van der Waals surface area contributed by atoms with Gasteiger partial charge in [0.05, 0.1) is 6.42 Å². The van der Waals surface area contributed by atoms with Crippen molar-refractivity contribution >= 4 is 17.7 Å². The van der Waals surface area contributed by atoms with Crippen molar-refractivity contribution in [3.8, 4) is 0 Å². The Bertz CT molecular complexity index is 469. The highest BCUT2D eigenvalue weighted by molar-refractivity contribution is 7.99. The summed E-state index contributed by atoms with van der Waals surface area (Å²) in [6.07, 6.45) is 0.780. The first-order valence-corrected chi connectivity index (χ1v) is 8.02. The summed E-state index contributed by atoms with van der Waals surface area (Å²) in [7, 11) is 0. The van der Waals surface area contributed by atoms with E-state index in [1.165, 1.54) is 6.07 Å². The molecule has 1 aliphatic rings. The fourth-order valence-corrected chi connectivity index (χ4v) is 3.81. The number of halogens is 1. The van der Waals surface area contributed by atoms with E-state index in [0.29, 0.717) is 12.0 Å². The molecule has 0 spiro atoms. The third kappa shape index (κ3) is 3.96. The van der Waals surface area contributed by atoms with E-state index in [0.717, 1.165) is 18.1 Å². The molecule has 0 saturated carbocycles. The molecule has 0 radical (unpaired) electrons. The van der Waals surface area contributed by atoms with E-state index in [4.69, 9.17) is 5.11 Å². The number of nitrogens with zero attached hydrogens (tertiary/aromatic N) is 1. The third-order valence-electron chi connectivity index (χ3n) is 3.72. The SMILES string of the molecule is CC(Cc1ccccc1F)N1CCSCC1CC(=O)O. The monoisotopic (exact) mass is 297 g/mol. The van der Waals surface area contributed by atoms with E-state index in [1.807, 2.05) is 6.07 Å². The number of thioether (sulfide) groups is 1. The zero-order valence-electron chi connectivity index (χ0n) is 11.6. The van der Waals surface area contributed by atoms with Gasteiger partial charge >= 0.3 is 5.97 Å². The zero-order valence-corrected chi connectivity index (χ0v) is 12.4. The first-order chi connectivity index (χ1) is 9.58. The smallest absolute Gasteiger partial charge is 0.304 e. The molecule has 1 aromatic carbocycles. The predicted molar refractivity (Wildman–Crippen MR) is 79.6 cm³/mol. The van der Waals surface area contributed by atoms with Crippen molar-refractivity contribution in [3.63, 3.8) is 0 Å². The second kappa shape index (κ2) is 7.09. The number of aliphatic carboxylic acids is 1. The molecule has 2 atom stereocenters. The van der Waals surface area contributed by atoms with Crippen LogP contribution in [0.2, 0.25) is 0 Å². The number of carboxylic acids is 1. The Morgan fingerprint density at radius 2 is 2.30 bits per heavy atom. The first-order valence-electron chi connectivity index (χ1n) is 6.86. The van der Waals surface area contributed by atoms with Crippen molar-refractivity contribution < 1.29 is 14.3 Å². The highest BCUT2D eigenvalue weighted by Crippen LogP contribution is 2.23. The van der Waals surface area contributed by atoms with Gasteiger partial charge in [-0.2, -0.15) is 11.8 Å². The van der Waals surface area contributed by atoms with Gasteiger partial charge in [-0.05, 0) is 25.0 Å². The van der Waals surface area contributed by atoms with Crippen molar-refractivity contribution in [2.45, 2.75) is 31.8 Å². The van der Waals surface area contributed by atoms with Crippen molar-refractivity contribution in [1.82, 2.24) is 4.90 Å². The molecule has 1 fully saturated rings. The lowest BCUT2D eigenvalue weighted by Crippen LogP contribution is -2.49. The third-order valence-corrected chi connectivity index (χ3v) is 4.81. The van der Waals surface area contributed by atoms with Gasteiger partial charge in [0, 0.05) is 30.1 Å². The van der Waals surface area contributed by atoms with E-state index in [1.54, 1.807) is 23.9 Å². The summed E-state index contributed by atoms with van der Waals surface area (Å²) in [6.45, 7) is 2.93. The Morgan fingerprint density at radius 3 is 3.00 bits per heavy atom. The topological polar surface area (TPSA) is 40.5 Å². The summed E-state index contributed by atoms with van der Waals surface area (Å²) in [6, 6.07) is 7.00. The lowest BCUT2D eigenvalue weighted by molar-refractivity contribution is -0.138. The maximum absolute atomic E-state index is 13.7. The van der Waals surface area contributed by atoms with E-state index in [9.17, 15) is 9.18 Å². The van der Waals surface area contributed by atoms with Gasteiger partial charge in [0.25, 0.3) is 0 Å². The van der Waals surface area contributed by atoms with Gasteiger partial charge in [-0.25, -0.2) is 4.39 Å². The number of carbonyl (C=O) groups is 1. The Morgan fingerprint density at radius 1 is 1.55 bits per heavy atom. The fraction of sp³-hybridized carbons (Fsp3) is 0.533. The summed E-state index contributed by atoms with van der Waals surface area (Å²) in [5.41, 5.74) is 0.701. The van der Waals surface area contributed by atoms with Crippen molar-refractivity contribution in [2.24, 2.45) is 0 Å². The highest BCUT2D eigenvalue weighted by Gasteiger charge is 2.28. The molecule has 20 heavy (non-hydrogen) atoms. The molecule has 2 rings (SSSR count). The van der Waals surface area contributed by atoms with Gasteiger partial charge in [-0.15, -0.1) is 0 Å². The van der Waals surface area contributed by atoms with Crippen LogP contribution in [0.3, 0.4) is 0 Å². The lowest BCUT2D eigenvalue weighted by Gasteiger charge is -2.39. The van der Waals surface area contributed by atoms with Crippen LogP contribution in [0.1, 0.15) is 18.9 Å². The second-order valence-corrected chi connectivity index (χ2v) is 6.36.